The summed E-state index contributed by atoms with van der Waals surface area (Å²) in [5.41, 5.74) is 3.67. The van der Waals surface area contributed by atoms with E-state index in [0.717, 1.165) is 12.3 Å². The summed E-state index contributed by atoms with van der Waals surface area (Å²) in [4.78, 5) is 0. The fourth-order valence-corrected chi connectivity index (χ4v) is 1.92. The largest absolute Gasteiger partial charge is 0.489 e. The molecule has 2 aromatic rings. The van der Waals surface area contributed by atoms with E-state index < -0.39 is 0 Å². The second-order valence-electron chi connectivity index (χ2n) is 4.67. The number of ether oxygens (including phenoxy) is 1. The van der Waals surface area contributed by atoms with Crippen LogP contribution in [0, 0.1) is 19.3 Å². The van der Waals surface area contributed by atoms with Crippen LogP contribution >= 0.6 is 0 Å². The summed E-state index contributed by atoms with van der Waals surface area (Å²) >= 11 is 0. The van der Waals surface area contributed by atoms with E-state index in [1.54, 1.807) is 0 Å². The van der Waals surface area contributed by atoms with Crippen LogP contribution in [0.2, 0.25) is 0 Å². The summed E-state index contributed by atoms with van der Waals surface area (Å²) in [5.74, 6) is 3.44. The fraction of sp³-hybridized carbons (Fsp3) is 0.222. The zero-order valence-corrected chi connectivity index (χ0v) is 11.7. The average Bonchev–Trinajstić information content (AvgIpc) is 2.48. The maximum atomic E-state index is 5.80. The average molecular weight is 265 g/mol. The molecule has 0 radical (unpaired) electrons. The molecule has 0 fully saturated rings. The normalized spacial score (nSPS) is 10.0. The van der Waals surface area contributed by atoms with Gasteiger partial charge in [-0.1, -0.05) is 42.3 Å². The third-order valence-corrected chi connectivity index (χ3v) is 3.14. The van der Waals surface area contributed by atoms with Crippen molar-refractivity contribution >= 4 is 0 Å². The van der Waals surface area contributed by atoms with Crippen LogP contribution in [0.15, 0.2) is 48.5 Å². The topological polar surface area (TPSA) is 21.3 Å². The second kappa shape index (κ2) is 7.37. The van der Waals surface area contributed by atoms with E-state index in [1.807, 2.05) is 24.3 Å². The fourth-order valence-electron chi connectivity index (χ4n) is 1.92. The second-order valence-corrected chi connectivity index (χ2v) is 4.67. The van der Waals surface area contributed by atoms with Gasteiger partial charge in [-0.3, -0.25) is 0 Å². The van der Waals surface area contributed by atoms with Crippen LogP contribution in [-0.4, -0.2) is 6.54 Å². The smallest absolute Gasteiger partial charge is 0.119 e. The Bertz CT molecular complexity index is 581. The van der Waals surface area contributed by atoms with Gasteiger partial charge in [-0.2, -0.15) is 0 Å². The van der Waals surface area contributed by atoms with E-state index in [-0.39, 0.29) is 0 Å². The van der Waals surface area contributed by atoms with Crippen molar-refractivity contribution in [3.63, 3.8) is 0 Å². The van der Waals surface area contributed by atoms with Crippen LogP contribution < -0.4 is 10.1 Å². The van der Waals surface area contributed by atoms with Gasteiger partial charge in [0.1, 0.15) is 12.4 Å². The van der Waals surface area contributed by atoms with E-state index in [4.69, 9.17) is 11.2 Å². The highest BCUT2D eigenvalue weighted by Gasteiger charge is 1.99. The van der Waals surface area contributed by atoms with Gasteiger partial charge in [0.05, 0.1) is 6.54 Å². The SMILES string of the molecule is C#CCNCc1ccc(OCc2ccccc2C)cc1. The molecular formula is C18H19NO. The highest BCUT2D eigenvalue weighted by molar-refractivity contribution is 5.29. The Morgan fingerprint density at radius 1 is 1.10 bits per heavy atom. The molecule has 0 amide bonds. The van der Waals surface area contributed by atoms with Crippen molar-refractivity contribution in [2.45, 2.75) is 20.1 Å². The molecule has 20 heavy (non-hydrogen) atoms. The molecule has 0 atom stereocenters. The van der Waals surface area contributed by atoms with Gasteiger partial charge in [0.2, 0.25) is 0 Å². The van der Waals surface area contributed by atoms with E-state index in [2.05, 4.69) is 42.4 Å². The Morgan fingerprint density at radius 2 is 1.85 bits per heavy atom. The van der Waals surface area contributed by atoms with Crippen molar-refractivity contribution in [3.8, 4) is 18.1 Å². The molecule has 0 aliphatic heterocycles. The minimum absolute atomic E-state index is 0.589. The lowest BCUT2D eigenvalue weighted by Gasteiger charge is -2.09. The van der Waals surface area contributed by atoms with Crippen LogP contribution in [0.5, 0.6) is 5.75 Å². The third-order valence-electron chi connectivity index (χ3n) is 3.14. The van der Waals surface area contributed by atoms with E-state index in [1.165, 1.54) is 16.7 Å². The third kappa shape index (κ3) is 4.15. The Labute approximate surface area is 120 Å². The first-order valence-electron chi connectivity index (χ1n) is 6.70. The van der Waals surface area contributed by atoms with E-state index >= 15 is 0 Å². The van der Waals surface area contributed by atoms with Gasteiger partial charge >= 0.3 is 0 Å². The number of aryl methyl sites for hydroxylation is 1. The predicted octanol–water partition coefficient (Wildman–Crippen LogP) is 3.30. The molecule has 0 spiro atoms. The number of terminal acetylenes is 1. The first-order valence-corrected chi connectivity index (χ1v) is 6.70. The molecule has 1 N–H and O–H groups in total. The molecule has 0 saturated carbocycles. The molecule has 0 aliphatic rings. The highest BCUT2D eigenvalue weighted by atomic mass is 16.5. The molecule has 0 saturated heterocycles. The van der Waals surface area contributed by atoms with Gasteiger partial charge in [0.25, 0.3) is 0 Å². The number of rotatable bonds is 6. The molecule has 2 rings (SSSR count). The molecule has 102 valence electrons. The molecule has 0 bridgehead atoms. The van der Waals surface area contributed by atoms with Gasteiger partial charge in [-0.05, 0) is 35.7 Å². The summed E-state index contributed by atoms with van der Waals surface area (Å²) in [6.07, 6.45) is 5.19. The van der Waals surface area contributed by atoms with Crippen LogP contribution in [0.25, 0.3) is 0 Å². The van der Waals surface area contributed by atoms with Gasteiger partial charge in [0.15, 0.2) is 0 Å². The Balaban J connectivity index is 1.88. The zero-order valence-electron chi connectivity index (χ0n) is 11.7. The molecule has 0 aromatic heterocycles. The lowest BCUT2D eigenvalue weighted by atomic mass is 10.1. The Morgan fingerprint density at radius 3 is 2.55 bits per heavy atom. The molecule has 0 unspecified atom stereocenters. The van der Waals surface area contributed by atoms with Crippen molar-refractivity contribution in [2.24, 2.45) is 0 Å². The summed E-state index contributed by atoms with van der Waals surface area (Å²) in [5, 5.41) is 3.16. The summed E-state index contributed by atoms with van der Waals surface area (Å²) < 4.78 is 5.80. The maximum absolute atomic E-state index is 5.80. The zero-order chi connectivity index (χ0) is 14.2. The molecule has 0 heterocycles. The van der Waals surface area contributed by atoms with Gasteiger partial charge in [0, 0.05) is 6.54 Å². The molecule has 0 aliphatic carbocycles. The Kier molecular flexibility index (Phi) is 5.23. The number of benzene rings is 2. The monoisotopic (exact) mass is 265 g/mol. The molecular weight excluding hydrogens is 246 g/mol. The molecule has 2 heteroatoms. The molecule has 2 nitrogen and oxygen atoms in total. The summed E-state index contributed by atoms with van der Waals surface area (Å²) in [6, 6.07) is 16.3. The lowest BCUT2D eigenvalue weighted by molar-refractivity contribution is 0.305. The van der Waals surface area contributed by atoms with Crippen LogP contribution in [0.4, 0.5) is 0 Å². The first-order chi connectivity index (χ1) is 9.79. The minimum atomic E-state index is 0.589. The number of nitrogens with one attached hydrogen (secondary N) is 1. The van der Waals surface area contributed by atoms with Gasteiger partial charge in [-0.25, -0.2) is 0 Å². The highest BCUT2D eigenvalue weighted by Crippen LogP contribution is 2.15. The van der Waals surface area contributed by atoms with Crippen LogP contribution in [0.1, 0.15) is 16.7 Å². The molecule has 2 aromatic carbocycles. The van der Waals surface area contributed by atoms with Gasteiger partial charge in [-0.15, -0.1) is 6.42 Å². The van der Waals surface area contributed by atoms with Crippen molar-refractivity contribution in [2.75, 3.05) is 6.54 Å². The summed E-state index contributed by atoms with van der Waals surface area (Å²) in [6.45, 7) is 4.06. The quantitative estimate of drug-likeness (QED) is 0.639. The number of hydrogen-bond donors (Lipinski definition) is 1. The lowest BCUT2D eigenvalue weighted by Crippen LogP contribution is -2.12. The van der Waals surface area contributed by atoms with Crippen LogP contribution in [0.3, 0.4) is 0 Å². The first kappa shape index (κ1) is 14.2. The number of hydrogen-bond acceptors (Lipinski definition) is 2. The predicted molar refractivity (Wildman–Crippen MR) is 82.5 cm³/mol. The Hall–Kier alpha value is -2.24. The van der Waals surface area contributed by atoms with E-state index in [9.17, 15) is 0 Å². The van der Waals surface area contributed by atoms with Crippen molar-refractivity contribution in [1.29, 1.82) is 0 Å². The summed E-state index contributed by atoms with van der Waals surface area (Å²) in [7, 11) is 0. The maximum Gasteiger partial charge on any atom is 0.119 e. The van der Waals surface area contributed by atoms with E-state index in [0.29, 0.717) is 13.2 Å². The standard InChI is InChI=1S/C18H19NO/c1-3-12-19-13-16-8-10-18(11-9-16)20-14-17-7-5-4-6-15(17)2/h1,4-11,19H,12-14H2,2H3. The van der Waals surface area contributed by atoms with Crippen molar-refractivity contribution < 1.29 is 4.74 Å². The van der Waals surface area contributed by atoms with Crippen molar-refractivity contribution in [3.05, 3.63) is 65.2 Å². The van der Waals surface area contributed by atoms with Gasteiger partial charge < -0.3 is 10.1 Å². The van der Waals surface area contributed by atoms with Crippen LogP contribution in [-0.2, 0) is 13.2 Å². The van der Waals surface area contributed by atoms with Crippen molar-refractivity contribution in [1.82, 2.24) is 5.32 Å². The minimum Gasteiger partial charge on any atom is -0.489 e.